The summed E-state index contributed by atoms with van der Waals surface area (Å²) in [5.74, 6) is -0.543. The lowest BCUT2D eigenvalue weighted by Gasteiger charge is -2.33. The van der Waals surface area contributed by atoms with Crippen molar-refractivity contribution in [2.24, 2.45) is 0 Å². The molecular weight excluding hydrogens is 435 g/mol. The Morgan fingerprint density at radius 2 is 1.87 bits per heavy atom. The van der Waals surface area contributed by atoms with Crippen LogP contribution in [0.25, 0.3) is 0 Å². The van der Waals surface area contributed by atoms with Gasteiger partial charge >= 0.3 is 0 Å². The molecule has 3 aromatic carbocycles. The Morgan fingerprint density at radius 1 is 1.06 bits per heavy atom. The smallest absolute Gasteiger partial charge is 0.269 e. The molecule has 0 N–H and O–H groups in total. The summed E-state index contributed by atoms with van der Waals surface area (Å²) in [6, 6.07) is 19.1. The van der Waals surface area contributed by atoms with Crippen molar-refractivity contribution in [2.75, 3.05) is 15.6 Å². The number of carbonyl (C=O) groups is 2. The molecular formula is C24H18ClFN2O2S. The third-order valence-electron chi connectivity index (χ3n) is 5.71. The quantitative estimate of drug-likeness (QED) is 0.543. The van der Waals surface area contributed by atoms with Crippen LogP contribution in [0, 0.1) is 12.7 Å². The monoisotopic (exact) mass is 452 g/mol. The summed E-state index contributed by atoms with van der Waals surface area (Å²) in [6.45, 7) is 2.10. The van der Waals surface area contributed by atoms with Crippen LogP contribution in [0.5, 0.6) is 0 Å². The van der Waals surface area contributed by atoms with Gasteiger partial charge in [-0.2, -0.15) is 0 Å². The van der Waals surface area contributed by atoms with Crippen LogP contribution in [0.3, 0.4) is 0 Å². The Morgan fingerprint density at radius 3 is 2.65 bits per heavy atom. The molecule has 2 aliphatic rings. The van der Waals surface area contributed by atoms with Crippen LogP contribution in [-0.4, -0.2) is 17.6 Å². The van der Waals surface area contributed by atoms with Gasteiger partial charge in [-0.25, -0.2) is 4.39 Å². The fourth-order valence-corrected chi connectivity index (χ4v) is 5.79. The Hall–Kier alpha value is -2.83. The van der Waals surface area contributed by atoms with E-state index in [1.54, 1.807) is 28.0 Å². The van der Waals surface area contributed by atoms with Crippen molar-refractivity contribution >= 4 is 46.6 Å². The molecule has 4 nitrogen and oxygen atoms in total. The molecule has 5 rings (SSSR count). The Balaban J connectivity index is 1.65. The maximum Gasteiger partial charge on any atom is 0.269 e. The topological polar surface area (TPSA) is 40.6 Å². The van der Waals surface area contributed by atoms with E-state index in [9.17, 15) is 14.0 Å². The lowest BCUT2D eigenvalue weighted by molar-refractivity contribution is -0.123. The molecule has 0 radical (unpaired) electrons. The van der Waals surface area contributed by atoms with Crippen LogP contribution in [-0.2, 0) is 21.0 Å². The molecule has 0 bridgehead atoms. The minimum absolute atomic E-state index is 0.152. The maximum atomic E-state index is 13.9. The van der Waals surface area contributed by atoms with Gasteiger partial charge in [-0.15, -0.1) is 11.8 Å². The van der Waals surface area contributed by atoms with Crippen LogP contribution >= 0.6 is 23.4 Å². The SMILES string of the molecule is Cc1ccc(N2C(=O)CS[C@]23C(=O)N(Cc2cccc(F)c2)c2ccccc23)cc1Cl. The molecule has 2 amide bonds. The third kappa shape index (κ3) is 3.05. The van der Waals surface area contributed by atoms with Gasteiger partial charge in [0.1, 0.15) is 5.82 Å². The summed E-state index contributed by atoms with van der Waals surface area (Å²) in [5, 5.41) is 0.535. The lowest BCUT2D eigenvalue weighted by Crippen LogP contribution is -2.49. The highest BCUT2D eigenvalue weighted by molar-refractivity contribution is 8.02. The third-order valence-corrected chi connectivity index (χ3v) is 7.50. The average molecular weight is 453 g/mol. The zero-order valence-corrected chi connectivity index (χ0v) is 18.2. The fourth-order valence-electron chi connectivity index (χ4n) is 4.25. The van der Waals surface area contributed by atoms with E-state index in [4.69, 9.17) is 11.6 Å². The van der Waals surface area contributed by atoms with E-state index in [1.165, 1.54) is 23.9 Å². The van der Waals surface area contributed by atoms with Crippen molar-refractivity contribution in [2.45, 2.75) is 18.3 Å². The van der Waals surface area contributed by atoms with Gasteiger partial charge in [0, 0.05) is 16.3 Å². The molecule has 2 aliphatic heterocycles. The number of para-hydroxylation sites is 1. The van der Waals surface area contributed by atoms with Crippen LogP contribution in [0.2, 0.25) is 5.02 Å². The minimum Gasteiger partial charge on any atom is -0.304 e. The zero-order chi connectivity index (χ0) is 21.8. The molecule has 0 aliphatic carbocycles. The Labute approximate surface area is 188 Å². The number of nitrogens with zero attached hydrogens (tertiary/aromatic N) is 2. The summed E-state index contributed by atoms with van der Waals surface area (Å²) < 4.78 is 13.8. The summed E-state index contributed by atoms with van der Waals surface area (Å²) in [5.41, 5.74) is 3.64. The molecule has 156 valence electrons. The molecule has 2 heterocycles. The first kappa shape index (κ1) is 20.1. The van der Waals surface area contributed by atoms with Crippen molar-refractivity contribution in [3.63, 3.8) is 0 Å². The van der Waals surface area contributed by atoms with E-state index in [1.807, 2.05) is 43.3 Å². The van der Waals surface area contributed by atoms with Gasteiger partial charge in [0.05, 0.1) is 18.0 Å². The van der Waals surface area contributed by atoms with Gasteiger partial charge in [-0.05, 0) is 48.4 Å². The van der Waals surface area contributed by atoms with E-state index in [0.717, 1.165) is 16.8 Å². The van der Waals surface area contributed by atoms with Gasteiger partial charge in [0.15, 0.2) is 0 Å². The number of thioether (sulfide) groups is 1. The number of carbonyl (C=O) groups excluding carboxylic acids is 2. The molecule has 3 aromatic rings. The number of halogens is 2. The number of hydrogen-bond donors (Lipinski definition) is 0. The van der Waals surface area contributed by atoms with E-state index < -0.39 is 4.87 Å². The lowest BCUT2D eigenvalue weighted by atomic mass is 10.0. The summed E-state index contributed by atoms with van der Waals surface area (Å²) in [6.07, 6.45) is 0. The molecule has 7 heteroatoms. The molecule has 0 unspecified atom stereocenters. The van der Waals surface area contributed by atoms with E-state index >= 15 is 0 Å². The largest absolute Gasteiger partial charge is 0.304 e. The second-order valence-corrected chi connectivity index (χ2v) is 9.21. The van der Waals surface area contributed by atoms with Crippen LogP contribution < -0.4 is 9.80 Å². The van der Waals surface area contributed by atoms with Crippen LogP contribution in [0.1, 0.15) is 16.7 Å². The standard InChI is InChI=1S/C24H18ClFN2O2S/c1-15-9-10-18(12-20(15)25)28-22(29)14-31-24(28)19-7-2-3-8-21(19)27(23(24)30)13-16-5-4-6-17(26)11-16/h2-12H,13-14H2,1H3/t24-/m1/s1. The molecule has 1 spiro atoms. The van der Waals surface area contributed by atoms with Crippen molar-refractivity contribution in [3.8, 4) is 0 Å². The summed E-state index contributed by atoms with van der Waals surface area (Å²) in [7, 11) is 0. The van der Waals surface area contributed by atoms with Crippen molar-refractivity contribution < 1.29 is 14.0 Å². The second-order valence-electron chi connectivity index (χ2n) is 7.63. The van der Waals surface area contributed by atoms with Gasteiger partial charge in [0.2, 0.25) is 10.8 Å². The molecule has 1 atom stereocenters. The zero-order valence-electron chi connectivity index (χ0n) is 16.6. The Kier molecular flexibility index (Phi) is 4.79. The number of benzene rings is 3. The van der Waals surface area contributed by atoms with Gasteiger partial charge in [-0.1, -0.05) is 48.0 Å². The highest BCUT2D eigenvalue weighted by Gasteiger charge is 2.60. The van der Waals surface area contributed by atoms with Crippen LogP contribution in [0.4, 0.5) is 15.8 Å². The first-order valence-electron chi connectivity index (χ1n) is 9.81. The normalized spacial score (nSPS) is 20.1. The predicted octanol–water partition coefficient (Wildman–Crippen LogP) is 5.27. The van der Waals surface area contributed by atoms with Crippen molar-refractivity contribution in [1.82, 2.24) is 0 Å². The maximum absolute atomic E-state index is 13.9. The van der Waals surface area contributed by atoms with Crippen molar-refractivity contribution in [3.05, 3.63) is 94.3 Å². The van der Waals surface area contributed by atoms with Gasteiger partial charge in [0.25, 0.3) is 5.91 Å². The number of aryl methyl sites for hydroxylation is 1. The molecule has 31 heavy (non-hydrogen) atoms. The predicted molar refractivity (Wildman–Crippen MR) is 122 cm³/mol. The molecule has 0 saturated carbocycles. The molecule has 1 saturated heterocycles. The van der Waals surface area contributed by atoms with E-state index in [-0.39, 0.29) is 29.9 Å². The minimum atomic E-state index is -1.21. The first-order chi connectivity index (χ1) is 14.9. The summed E-state index contributed by atoms with van der Waals surface area (Å²) >= 11 is 7.66. The fraction of sp³-hybridized carbons (Fsp3) is 0.167. The second kappa shape index (κ2) is 7.39. The van der Waals surface area contributed by atoms with Gasteiger partial charge < -0.3 is 4.90 Å². The average Bonchev–Trinajstić information content (AvgIpc) is 3.22. The van der Waals surface area contributed by atoms with E-state index in [2.05, 4.69) is 0 Å². The van der Waals surface area contributed by atoms with E-state index in [0.29, 0.717) is 16.3 Å². The van der Waals surface area contributed by atoms with Crippen molar-refractivity contribution in [1.29, 1.82) is 0 Å². The Bertz CT molecular complexity index is 1230. The van der Waals surface area contributed by atoms with Gasteiger partial charge in [-0.3, -0.25) is 14.5 Å². The summed E-state index contributed by atoms with van der Waals surface area (Å²) in [4.78, 5) is 29.0. The number of anilines is 2. The number of amides is 2. The molecule has 1 fully saturated rings. The first-order valence-corrected chi connectivity index (χ1v) is 11.2. The number of rotatable bonds is 3. The number of hydrogen-bond acceptors (Lipinski definition) is 3. The van der Waals surface area contributed by atoms with Crippen LogP contribution in [0.15, 0.2) is 66.7 Å². The number of fused-ring (bicyclic) bond motifs is 2. The molecule has 0 aromatic heterocycles. The highest BCUT2D eigenvalue weighted by Crippen LogP contribution is 2.56. The highest BCUT2D eigenvalue weighted by atomic mass is 35.5.